The van der Waals surface area contributed by atoms with Crippen molar-refractivity contribution in [1.29, 1.82) is 0 Å². The molecular weight excluding hydrogens is 402 g/mol. The molecule has 0 bridgehead atoms. The van der Waals surface area contributed by atoms with Gasteiger partial charge in [-0.3, -0.25) is 9.59 Å². The summed E-state index contributed by atoms with van der Waals surface area (Å²) in [6.07, 6.45) is 1.44. The Hall–Kier alpha value is -3.12. The number of para-hydroxylation sites is 1. The molecule has 32 heavy (non-hydrogen) atoms. The van der Waals surface area contributed by atoms with Crippen molar-refractivity contribution in [3.8, 4) is 0 Å². The summed E-state index contributed by atoms with van der Waals surface area (Å²) < 4.78 is 0. The maximum absolute atomic E-state index is 13.7. The van der Waals surface area contributed by atoms with Gasteiger partial charge >= 0.3 is 0 Å². The van der Waals surface area contributed by atoms with E-state index < -0.39 is 5.54 Å². The van der Waals surface area contributed by atoms with Crippen LogP contribution in [-0.2, 0) is 21.5 Å². The normalized spacial score (nSPS) is 22.9. The molecule has 2 aliphatic heterocycles. The average Bonchev–Trinajstić information content (AvgIpc) is 3.21. The van der Waals surface area contributed by atoms with Gasteiger partial charge in [-0.15, -0.1) is 0 Å². The van der Waals surface area contributed by atoms with Crippen molar-refractivity contribution in [3.63, 3.8) is 0 Å². The van der Waals surface area contributed by atoms with Crippen LogP contribution < -0.4 is 0 Å². The first-order chi connectivity index (χ1) is 15.5. The molecule has 6 nitrogen and oxygen atoms in total. The van der Waals surface area contributed by atoms with E-state index in [1.54, 1.807) is 9.80 Å². The number of benzene rings is 2. The highest BCUT2D eigenvalue weighted by molar-refractivity contribution is 6.01. The van der Waals surface area contributed by atoms with Crippen LogP contribution in [0.4, 0.5) is 0 Å². The van der Waals surface area contributed by atoms with E-state index in [-0.39, 0.29) is 30.9 Å². The summed E-state index contributed by atoms with van der Waals surface area (Å²) in [7, 11) is 0. The van der Waals surface area contributed by atoms with Crippen molar-refractivity contribution in [3.05, 3.63) is 70.9 Å². The number of nitrogens with zero attached hydrogens (tertiary/aromatic N) is 2. The Morgan fingerprint density at radius 1 is 1.12 bits per heavy atom. The Labute approximate surface area is 187 Å². The molecule has 0 aliphatic carbocycles. The van der Waals surface area contributed by atoms with E-state index in [1.165, 1.54) is 5.56 Å². The molecule has 5 rings (SSSR count). The van der Waals surface area contributed by atoms with Crippen molar-refractivity contribution in [2.75, 3.05) is 26.2 Å². The topological polar surface area (TPSA) is 76.6 Å². The van der Waals surface area contributed by atoms with Crippen molar-refractivity contribution in [2.45, 2.75) is 38.1 Å². The molecule has 3 aromatic rings. The molecule has 2 unspecified atom stereocenters. The highest BCUT2D eigenvalue weighted by atomic mass is 16.3. The minimum absolute atomic E-state index is 0.00807. The molecular formula is C26H29N3O3. The molecule has 3 heterocycles. The molecule has 6 heteroatoms. The zero-order valence-electron chi connectivity index (χ0n) is 18.6. The molecule has 2 atom stereocenters. The largest absolute Gasteiger partial charge is 0.396 e. The summed E-state index contributed by atoms with van der Waals surface area (Å²) >= 11 is 0. The van der Waals surface area contributed by atoms with E-state index >= 15 is 0 Å². The van der Waals surface area contributed by atoms with Crippen molar-refractivity contribution < 1.29 is 14.7 Å². The Bertz CT molecular complexity index is 1180. The highest BCUT2D eigenvalue weighted by Gasteiger charge is 2.56. The first-order valence-corrected chi connectivity index (χ1v) is 11.4. The summed E-state index contributed by atoms with van der Waals surface area (Å²) in [6.45, 7) is 4.90. The molecule has 2 aromatic carbocycles. The smallest absolute Gasteiger partial charge is 0.254 e. The quantitative estimate of drug-likeness (QED) is 0.652. The Kier molecular flexibility index (Phi) is 5.05. The fourth-order valence-corrected chi connectivity index (χ4v) is 5.40. The van der Waals surface area contributed by atoms with Crippen LogP contribution in [0, 0.1) is 0 Å². The van der Waals surface area contributed by atoms with Crippen LogP contribution >= 0.6 is 0 Å². The zero-order valence-corrected chi connectivity index (χ0v) is 18.6. The molecule has 0 spiro atoms. The van der Waals surface area contributed by atoms with E-state index in [9.17, 15) is 14.7 Å². The monoisotopic (exact) mass is 431 g/mol. The number of aliphatic hydroxyl groups is 1. The van der Waals surface area contributed by atoms with Gasteiger partial charge in [-0.1, -0.05) is 49.4 Å². The number of H-pyrrole nitrogens is 1. The van der Waals surface area contributed by atoms with Crippen LogP contribution in [-0.4, -0.2) is 57.9 Å². The van der Waals surface area contributed by atoms with Gasteiger partial charge in [0.25, 0.3) is 5.91 Å². The molecule has 1 fully saturated rings. The maximum atomic E-state index is 13.7. The van der Waals surface area contributed by atoms with Crippen LogP contribution in [0.2, 0.25) is 0 Å². The van der Waals surface area contributed by atoms with Crippen LogP contribution in [0.25, 0.3) is 10.9 Å². The minimum Gasteiger partial charge on any atom is -0.396 e. The lowest BCUT2D eigenvalue weighted by atomic mass is 9.76. The second-order valence-electron chi connectivity index (χ2n) is 8.99. The zero-order chi connectivity index (χ0) is 22.5. The average molecular weight is 432 g/mol. The lowest BCUT2D eigenvalue weighted by Gasteiger charge is -2.51. The Morgan fingerprint density at radius 3 is 2.59 bits per heavy atom. The van der Waals surface area contributed by atoms with Gasteiger partial charge in [-0.25, -0.2) is 0 Å². The lowest BCUT2D eigenvalue weighted by molar-refractivity contribution is -0.166. The van der Waals surface area contributed by atoms with E-state index in [4.69, 9.17) is 0 Å². The third-order valence-electron chi connectivity index (χ3n) is 7.19. The van der Waals surface area contributed by atoms with E-state index in [2.05, 4.69) is 42.2 Å². The Morgan fingerprint density at radius 2 is 1.88 bits per heavy atom. The number of fused-ring (bicyclic) bond motifs is 5. The number of aryl methyl sites for hydroxylation is 1. The Balaban J connectivity index is 1.70. The maximum Gasteiger partial charge on any atom is 0.254 e. The number of aliphatic hydroxyl groups excluding tert-OH is 1. The summed E-state index contributed by atoms with van der Waals surface area (Å²) in [5.41, 5.74) is 4.23. The number of piperazine rings is 1. The summed E-state index contributed by atoms with van der Waals surface area (Å²) in [5, 5.41) is 10.4. The van der Waals surface area contributed by atoms with Gasteiger partial charge in [0.2, 0.25) is 5.91 Å². The predicted octanol–water partition coefficient (Wildman–Crippen LogP) is 3.14. The standard InChI is InChI=1S/C26H29N3O3/c1-3-17-9-11-18(12-10-17)20-15-29-22(31)16-28(13-6-14-30)25(32)26(29,2)24-23(20)19-7-4-5-8-21(19)27-24/h4-5,7-12,20,27,30H,3,6,13-16H2,1-2H3. The van der Waals surface area contributed by atoms with Crippen molar-refractivity contribution in [2.24, 2.45) is 0 Å². The fourth-order valence-electron chi connectivity index (χ4n) is 5.40. The van der Waals surface area contributed by atoms with Crippen molar-refractivity contribution in [1.82, 2.24) is 14.8 Å². The number of carbonyl (C=O) groups excluding carboxylic acids is 2. The van der Waals surface area contributed by atoms with Gasteiger partial charge in [0.15, 0.2) is 5.54 Å². The van der Waals surface area contributed by atoms with Crippen LogP contribution in [0.1, 0.15) is 48.6 Å². The summed E-state index contributed by atoms with van der Waals surface area (Å²) in [6, 6.07) is 16.7. The second-order valence-corrected chi connectivity index (χ2v) is 8.99. The fraction of sp³-hybridized carbons (Fsp3) is 0.385. The molecule has 1 aromatic heterocycles. The van der Waals surface area contributed by atoms with Gasteiger partial charge in [-0.05, 0) is 42.5 Å². The SMILES string of the molecule is CCc1ccc(C2CN3C(=O)CN(CCCO)C(=O)C3(C)c3[nH]c4ccccc4c32)cc1. The van der Waals surface area contributed by atoms with Gasteiger partial charge in [0.1, 0.15) is 0 Å². The number of carbonyl (C=O) groups is 2. The lowest BCUT2D eigenvalue weighted by Crippen LogP contribution is -2.67. The number of amides is 2. The predicted molar refractivity (Wildman–Crippen MR) is 123 cm³/mol. The molecule has 2 aliphatic rings. The third-order valence-corrected chi connectivity index (χ3v) is 7.19. The number of aromatic nitrogens is 1. The second kappa shape index (κ2) is 7.78. The van der Waals surface area contributed by atoms with E-state index in [0.29, 0.717) is 19.5 Å². The van der Waals surface area contributed by atoms with Gasteiger partial charge in [-0.2, -0.15) is 0 Å². The number of nitrogens with one attached hydrogen (secondary N) is 1. The van der Waals surface area contributed by atoms with Crippen LogP contribution in [0.3, 0.4) is 0 Å². The number of hydrogen-bond donors (Lipinski definition) is 2. The summed E-state index contributed by atoms with van der Waals surface area (Å²) in [5.74, 6) is -0.150. The van der Waals surface area contributed by atoms with Gasteiger partial charge < -0.3 is 19.9 Å². The first-order valence-electron chi connectivity index (χ1n) is 11.4. The van der Waals surface area contributed by atoms with E-state index in [0.717, 1.165) is 34.1 Å². The molecule has 2 N–H and O–H groups in total. The third kappa shape index (κ3) is 2.97. The minimum atomic E-state index is -1.08. The van der Waals surface area contributed by atoms with Gasteiger partial charge in [0, 0.05) is 36.5 Å². The first kappa shape index (κ1) is 20.8. The number of aromatic amines is 1. The van der Waals surface area contributed by atoms with Crippen molar-refractivity contribution >= 4 is 22.7 Å². The van der Waals surface area contributed by atoms with Crippen LogP contribution in [0.15, 0.2) is 48.5 Å². The van der Waals surface area contributed by atoms with Crippen LogP contribution in [0.5, 0.6) is 0 Å². The highest BCUT2D eigenvalue weighted by Crippen LogP contribution is 2.48. The molecule has 1 saturated heterocycles. The van der Waals surface area contributed by atoms with Gasteiger partial charge in [0.05, 0.1) is 12.2 Å². The molecule has 166 valence electrons. The number of rotatable bonds is 5. The molecule has 0 radical (unpaired) electrons. The number of hydrogen-bond acceptors (Lipinski definition) is 3. The molecule has 2 amide bonds. The summed E-state index contributed by atoms with van der Waals surface area (Å²) in [4.78, 5) is 33.9. The molecule has 0 saturated carbocycles. The van der Waals surface area contributed by atoms with E-state index in [1.807, 2.05) is 25.1 Å².